The number of morpholine rings is 1. The van der Waals surface area contributed by atoms with E-state index in [2.05, 4.69) is 31.9 Å². The van der Waals surface area contributed by atoms with E-state index in [9.17, 15) is 5.11 Å². The first-order valence-electron chi connectivity index (χ1n) is 8.30. The van der Waals surface area contributed by atoms with Crippen LogP contribution < -0.4 is 9.64 Å². The summed E-state index contributed by atoms with van der Waals surface area (Å²) in [4.78, 5) is 6.88. The summed E-state index contributed by atoms with van der Waals surface area (Å²) in [5.41, 5.74) is 2.54. The maximum absolute atomic E-state index is 10.4. The van der Waals surface area contributed by atoms with Crippen LogP contribution in [0.4, 0.5) is 11.4 Å². The maximum Gasteiger partial charge on any atom is 0.166 e. The third kappa shape index (κ3) is 4.32. The second-order valence-electron chi connectivity index (χ2n) is 5.62. The number of hydrogen-bond acceptors (Lipinski definition) is 5. The third-order valence-corrected chi connectivity index (χ3v) is 4.40. The van der Waals surface area contributed by atoms with Crippen LogP contribution in [-0.4, -0.2) is 44.2 Å². The summed E-state index contributed by atoms with van der Waals surface area (Å²) in [7, 11) is 0. The molecule has 25 heavy (non-hydrogen) atoms. The van der Waals surface area contributed by atoms with Crippen molar-refractivity contribution in [3.05, 3.63) is 46.4 Å². The van der Waals surface area contributed by atoms with Crippen LogP contribution in [0, 0.1) is 0 Å². The van der Waals surface area contributed by atoms with E-state index in [-0.39, 0.29) is 5.75 Å². The van der Waals surface area contributed by atoms with Gasteiger partial charge >= 0.3 is 0 Å². The van der Waals surface area contributed by atoms with Gasteiger partial charge in [0.1, 0.15) is 0 Å². The lowest BCUT2D eigenvalue weighted by Gasteiger charge is -2.29. The number of benzene rings is 2. The Bertz CT molecular complexity index is 758. The van der Waals surface area contributed by atoms with E-state index in [1.165, 1.54) is 0 Å². The van der Waals surface area contributed by atoms with Gasteiger partial charge in [0.05, 0.1) is 31.2 Å². The molecule has 5 nitrogen and oxygen atoms in total. The van der Waals surface area contributed by atoms with Crippen LogP contribution in [0.15, 0.2) is 45.9 Å². The normalized spacial score (nSPS) is 14.9. The Morgan fingerprint density at radius 3 is 2.80 bits per heavy atom. The highest BCUT2D eigenvalue weighted by Crippen LogP contribution is 2.34. The quantitative estimate of drug-likeness (QED) is 0.760. The predicted octanol–water partition coefficient (Wildman–Crippen LogP) is 4.14. The third-order valence-electron chi connectivity index (χ3n) is 3.95. The zero-order valence-electron chi connectivity index (χ0n) is 14.1. The van der Waals surface area contributed by atoms with Gasteiger partial charge in [0.2, 0.25) is 0 Å². The van der Waals surface area contributed by atoms with Crippen molar-refractivity contribution in [2.75, 3.05) is 37.8 Å². The lowest BCUT2D eigenvalue weighted by molar-refractivity contribution is 0.123. The summed E-state index contributed by atoms with van der Waals surface area (Å²) >= 11 is 3.45. The van der Waals surface area contributed by atoms with Gasteiger partial charge in [-0.3, -0.25) is 4.99 Å². The van der Waals surface area contributed by atoms with Crippen LogP contribution in [0.1, 0.15) is 12.5 Å². The molecule has 0 amide bonds. The fourth-order valence-electron chi connectivity index (χ4n) is 2.74. The second-order valence-corrected chi connectivity index (χ2v) is 6.54. The first kappa shape index (κ1) is 17.8. The SMILES string of the molecule is CCOc1cc(Br)cc(C=Nc2ccccc2N2CCOCC2)c1O. The molecule has 1 saturated heterocycles. The Kier molecular flexibility index (Phi) is 5.94. The highest BCUT2D eigenvalue weighted by molar-refractivity contribution is 9.10. The first-order valence-corrected chi connectivity index (χ1v) is 9.09. The van der Waals surface area contributed by atoms with E-state index in [0.717, 1.165) is 42.2 Å². The molecule has 0 atom stereocenters. The summed E-state index contributed by atoms with van der Waals surface area (Å²) in [5.74, 6) is 0.539. The highest BCUT2D eigenvalue weighted by Gasteiger charge is 2.14. The minimum Gasteiger partial charge on any atom is -0.504 e. The van der Waals surface area contributed by atoms with Gasteiger partial charge in [-0.15, -0.1) is 0 Å². The Morgan fingerprint density at radius 1 is 1.28 bits per heavy atom. The average Bonchev–Trinajstić information content (AvgIpc) is 2.64. The summed E-state index contributed by atoms with van der Waals surface area (Å²) in [6.07, 6.45) is 1.67. The molecule has 1 heterocycles. The van der Waals surface area contributed by atoms with Gasteiger partial charge < -0.3 is 19.5 Å². The Balaban J connectivity index is 1.90. The van der Waals surface area contributed by atoms with Gasteiger partial charge in [-0.1, -0.05) is 28.1 Å². The van der Waals surface area contributed by atoms with E-state index in [1.54, 1.807) is 12.3 Å². The summed E-state index contributed by atoms with van der Waals surface area (Å²) in [6, 6.07) is 11.6. The number of phenols is 1. The number of ether oxygens (including phenoxy) is 2. The zero-order valence-corrected chi connectivity index (χ0v) is 15.7. The molecule has 2 aromatic rings. The molecule has 1 aliphatic heterocycles. The van der Waals surface area contributed by atoms with Gasteiger partial charge in [-0.05, 0) is 31.2 Å². The molecule has 1 fully saturated rings. The number of halogens is 1. The van der Waals surface area contributed by atoms with Crippen molar-refractivity contribution in [3.63, 3.8) is 0 Å². The van der Waals surface area contributed by atoms with E-state index < -0.39 is 0 Å². The van der Waals surface area contributed by atoms with Crippen molar-refractivity contribution in [3.8, 4) is 11.5 Å². The maximum atomic E-state index is 10.4. The molecule has 0 bridgehead atoms. The largest absolute Gasteiger partial charge is 0.504 e. The molecule has 0 aromatic heterocycles. The van der Waals surface area contributed by atoms with Crippen LogP contribution in [0.3, 0.4) is 0 Å². The van der Waals surface area contributed by atoms with E-state index in [1.807, 2.05) is 31.2 Å². The topological polar surface area (TPSA) is 54.3 Å². The molecular weight excluding hydrogens is 384 g/mol. The minimum absolute atomic E-state index is 0.0950. The standard InChI is InChI=1S/C19H21BrN2O3/c1-2-25-18-12-15(20)11-14(19(18)23)13-21-16-5-3-4-6-17(16)22-7-9-24-10-8-22/h3-6,11-13,23H,2,7-10H2,1H3. The number of phenolic OH excluding ortho intramolecular Hbond substituents is 1. The molecule has 1 N–H and O–H groups in total. The summed E-state index contributed by atoms with van der Waals surface area (Å²) in [5, 5.41) is 10.4. The first-order chi connectivity index (χ1) is 12.2. The summed E-state index contributed by atoms with van der Waals surface area (Å²) < 4.78 is 11.7. The van der Waals surface area contributed by atoms with Gasteiger partial charge in [0.15, 0.2) is 11.5 Å². The number of anilines is 1. The number of hydrogen-bond donors (Lipinski definition) is 1. The van der Waals surface area contributed by atoms with Crippen LogP contribution in [-0.2, 0) is 4.74 Å². The number of nitrogens with zero attached hydrogens (tertiary/aromatic N) is 2. The molecule has 3 rings (SSSR count). The smallest absolute Gasteiger partial charge is 0.166 e. The van der Waals surface area contributed by atoms with E-state index in [0.29, 0.717) is 17.9 Å². The molecule has 132 valence electrons. The van der Waals surface area contributed by atoms with Crippen molar-refractivity contribution in [1.82, 2.24) is 0 Å². The minimum atomic E-state index is 0.0950. The lowest BCUT2D eigenvalue weighted by atomic mass is 10.2. The van der Waals surface area contributed by atoms with Crippen LogP contribution in [0.2, 0.25) is 0 Å². The Hall–Kier alpha value is -2.05. The predicted molar refractivity (Wildman–Crippen MR) is 104 cm³/mol. The van der Waals surface area contributed by atoms with Crippen molar-refractivity contribution < 1.29 is 14.6 Å². The molecule has 0 aliphatic carbocycles. The second kappa shape index (κ2) is 8.36. The van der Waals surface area contributed by atoms with Crippen molar-refractivity contribution in [2.45, 2.75) is 6.92 Å². The van der Waals surface area contributed by atoms with Crippen LogP contribution >= 0.6 is 15.9 Å². The number of para-hydroxylation sites is 2. The van der Waals surface area contributed by atoms with E-state index in [4.69, 9.17) is 9.47 Å². The van der Waals surface area contributed by atoms with Crippen LogP contribution in [0.5, 0.6) is 11.5 Å². The highest BCUT2D eigenvalue weighted by atomic mass is 79.9. The number of rotatable bonds is 5. The van der Waals surface area contributed by atoms with Crippen molar-refractivity contribution in [1.29, 1.82) is 0 Å². The molecule has 6 heteroatoms. The fourth-order valence-corrected chi connectivity index (χ4v) is 3.20. The number of aliphatic imine (C=N–C) groups is 1. The lowest BCUT2D eigenvalue weighted by Crippen LogP contribution is -2.36. The molecule has 0 radical (unpaired) electrons. The van der Waals surface area contributed by atoms with E-state index >= 15 is 0 Å². The molecule has 0 saturated carbocycles. The molecule has 1 aliphatic rings. The molecule has 2 aromatic carbocycles. The Labute approximate surface area is 156 Å². The van der Waals surface area contributed by atoms with Gasteiger partial charge in [0.25, 0.3) is 0 Å². The Morgan fingerprint density at radius 2 is 2.04 bits per heavy atom. The molecule has 0 unspecified atom stereocenters. The monoisotopic (exact) mass is 404 g/mol. The van der Waals surface area contributed by atoms with Gasteiger partial charge in [-0.2, -0.15) is 0 Å². The average molecular weight is 405 g/mol. The van der Waals surface area contributed by atoms with Crippen molar-refractivity contribution in [2.24, 2.45) is 4.99 Å². The van der Waals surface area contributed by atoms with Gasteiger partial charge in [-0.25, -0.2) is 0 Å². The van der Waals surface area contributed by atoms with Crippen molar-refractivity contribution >= 4 is 33.5 Å². The summed E-state index contributed by atoms with van der Waals surface area (Å²) in [6.45, 7) is 5.52. The number of aromatic hydroxyl groups is 1. The molecule has 0 spiro atoms. The molecular formula is C19H21BrN2O3. The van der Waals surface area contributed by atoms with Crippen LogP contribution in [0.25, 0.3) is 0 Å². The fraction of sp³-hybridized carbons (Fsp3) is 0.316. The zero-order chi connectivity index (χ0) is 17.6. The van der Waals surface area contributed by atoms with Gasteiger partial charge in [0, 0.05) is 29.3 Å².